The Kier molecular flexibility index (Phi) is 11.4. The molecule has 2 aromatic heterocycles. The number of aromatic nitrogens is 3. The molecule has 216 valence electrons. The summed E-state index contributed by atoms with van der Waals surface area (Å²) in [5.41, 5.74) is 15.6. The number of guanidine groups is 1. The highest BCUT2D eigenvalue weighted by atomic mass is 15.0. The van der Waals surface area contributed by atoms with Crippen LogP contribution in [0.5, 0.6) is 0 Å². The number of nitrogens with one attached hydrogen (secondary N) is 2. The molecule has 4 rings (SSSR count). The van der Waals surface area contributed by atoms with E-state index in [9.17, 15) is 0 Å². The minimum atomic E-state index is 0.184. The van der Waals surface area contributed by atoms with Crippen molar-refractivity contribution in [1.82, 2.24) is 15.0 Å². The predicted molar refractivity (Wildman–Crippen MR) is 174 cm³/mol. The molecule has 0 spiro atoms. The summed E-state index contributed by atoms with van der Waals surface area (Å²) in [7, 11) is 0. The van der Waals surface area contributed by atoms with Gasteiger partial charge in [-0.2, -0.15) is 0 Å². The number of hydrogen-bond donors (Lipinski definition) is 4. The lowest BCUT2D eigenvalue weighted by atomic mass is 9.98. The van der Waals surface area contributed by atoms with E-state index in [1.54, 1.807) is 0 Å². The van der Waals surface area contributed by atoms with Crippen molar-refractivity contribution in [3.05, 3.63) is 59.9 Å². The molecule has 0 saturated heterocycles. The molecule has 0 aliphatic heterocycles. The number of nitrogens with two attached hydrogens (primary N) is 2. The molecule has 0 unspecified atom stereocenters. The fraction of sp³-hybridized carbons (Fsp3) is 0.441. The summed E-state index contributed by atoms with van der Waals surface area (Å²) in [5.74, 6) is 9.13. The first-order chi connectivity index (χ1) is 20.1. The highest BCUT2D eigenvalue weighted by Crippen LogP contribution is 2.33. The molecule has 0 aliphatic rings. The summed E-state index contributed by atoms with van der Waals surface area (Å²) in [5, 5.41) is 4.63. The molecule has 6 N–H and O–H groups in total. The number of imidazole rings is 1. The van der Waals surface area contributed by atoms with Crippen molar-refractivity contribution in [1.29, 1.82) is 0 Å². The maximum atomic E-state index is 5.35. The van der Waals surface area contributed by atoms with E-state index in [0.717, 1.165) is 96.3 Å². The van der Waals surface area contributed by atoms with E-state index in [-0.39, 0.29) is 5.96 Å². The standard InChI is InChI=1S/C34H45N7/c1-3-15-26(16-4-2)32-40-30-28-18-12-13-19-29(28)39-33(31(30)41-32)38-27-22-20-25(21-23-27)17-11-9-7-5-6-8-10-14-24-37-34(35)36/h12-13,18-23,26H,3-10,14-16,24H2,1-2H3,(H,38,39)(H,40,41)(H4,35,36,37). The number of rotatable bonds is 15. The SMILES string of the molecule is CCCC(CCC)c1nc2c([nH]1)c(Nc1ccc(C#CCCCCCCCCN=C(N)N)cc1)nc1ccccc12. The second-order valence-corrected chi connectivity index (χ2v) is 10.8. The maximum absolute atomic E-state index is 5.35. The summed E-state index contributed by atoms with van der Waals surface area (Å²) < 4.78 is 0. The third-order valence-corrected chi connectivity index (χ3v) is 7.40. The van der Waals surface area contributed by atoms with Crippen LogP contribution < -0.4 is 16.8 Å². The minimum absolute atomic E-state index is 0.184. The lowest BCUT2D eigenvalue weighted by Crippen LogP contribution is -2.22. The van der Waals surface area contributed by atoms with E-state index in [2.05, 4.69) is 83.4 Å². The van der Waals surface area contributed by atoms with Crippen LogP contribution in [0, 0.1) is 11.8 Å². The number of aromatic amines is 1. The first-order valence-electron chi connectivity index (χ1n) is 15.3. The number of anilines is 2. The highest BCUT2D eigenvalue weighted by molar-refractivity contribution is 6.07. The third kappa shape index (κ3) is 8.72. The highest BCUT2D eigenvalue weighted by Gasteiger charge is 2.18. The third-order valence-electron chi connectivity index (χ3n) is 7.40. The maximum Gasteiger partial charge on any atom is 0.185 e. The smallest absolute Gasteiger partial charge is 0.185 e. The summed E-state index contributed by atoms with van der Waals surface area (Å²) in [6.45, 7) is 5.21. The van der Waals surface area contributed by atoms with Crippen LogP contribution in [0.25, 0.3) is 21.9 Å². The van der Waals surface area contributed by atoms with Crippen molar-refractivity contribution >= 4 is 39.4 Å². The Bertz CT molecular complexity index is 1460. The van der Waals surface area contributed by atoms with Crippen LogP contribution in [0.15, 0.2) is 53.5 Å². The molecular weight excluding hydrogens is 506 g/mol. The number of para-hydroxylation sites is 1. The van der Waals surface area contributed by atoms with Gasteiger partial charge in [0, 0.05) is 35.5 Å². The van der Waals surface area contributed by atoms with E-state index >= 15 is 0 Å². The van der Waals surface area contributed by atoms with E-state index < -0.39 is 0 Å². The molecule has 2 aromatic carbocycles. The quantitative estimate of drug-likeness (QED) is 0.0518. The molecule has 4 aromatic rings. The van der Waals surface area contributed by atoms with Gasteiger partial charge in [0.2, 0.25) is 0 Å². The van der Waals surface area contributed by atoms with Gasteiger partial charge < -0.3 is 21.8 Å². The van der Waals surface area contributed by atoms with Crippen molar-refractivity contribution in [2.45, 2.75) is 90.4 Å². The fourth-order valence-corrected chi connectivity index (χ4v) is 5.28. The number of unbranched alkanes of at least 4 members (excludes halogenated alkanes) is 6. The zero-order valence-electron chi connectivity index (χ0n) is 24.7. The zero-order valence-corrected chi connectivity index (χ0v) is 24.7. The first kappa shape index (κ1) is 29.9. The summed E-state index contributed by atoms with van der Waals surface area (Å²) in [6.07, 6.45) is 12.5. The molecule has 41 heavy (non-hydrogen) atoms. The number of hydrogen-bond acceptors (Lipinski definition) is 4. The second kappa shape index (κ2) is 15.7. The minimum Gasteiger partial charge on any atom is -0.370 e. The Balaban J connectivity index is 1.37. The van der Waals surface area contributed by atoms with Gasteiger partial charge in [0.05, 0.1) is 5.52 Å². The monoisotopic (exact) mass is 551 g/mol. The summed E-state index contributed by atoms with van der Waals surface area (Å²) in [6, 6.07) is 16.5. The van der Waals surface area contributed by atoms with Gasteiger partial charge in [-0.3, -0.25) is 4.99 Å². The zero-order chi connectivity index (χ0) is 28.9. The Labute approximate surface area is 244 Å². The normalized spacial score (nSPS) is 11.1. The van der Waals surface area contributed by atoms with Crippen LogP contribution in [0.1, 0.15) is 102 Å². The summed E-state index contributed by atoms with van der Waals surface area (Å²) in [4.78, 5) is 17.8. The Morgan fingerprint density at radius 3 is 2.34 bits per heavy atom. The van der Waals surface area contributed by atoms with Gasteiger partial charge in [-0.05, 0) is 56.0 Å². The van der Waals surface area contributed by atoms with Gasteiger partial charge in [0.15, 0.2) is 11.8 Å². The van der Waals surface area contributed by atoms with Gasteiger partial charge in [0.25, 0.3) is 0 Å². The first-order valence-corrected chi connectivity index (χ1v) is 15.3. The van der Waals surface area contributed by atoms with E-state index in [0.29, 0.717) is 5.92 Å². The van der Waals surface area contributed by atoms with Crippen molar-refractivity contribution < 1.29 is 0 Å². The average molecular weight is 552 g/mol. The van der Waals surface area contributed by atoms with E-state index in [4.69, 9.17) is 21.4 Å². The van der Waals surface area contributed by atoms with E-state index in [1.165, 1.54) is 25.7 Å². The Morgan fingerprint density at radius 2 is 1.61 bits per heavy atom. The lowest BCUT2D eigenvalue weighted by Gasteiger charge is -2.11. The van der Waals surface area contributed by atoms with Gasteiger partial charge in [0.1, 0.15) is 16.9 Å². The van der Waals surface area contributed by atoms with Crippen LogP contribution in [-0.4, -0.2) is 27.5 Å². The van der Waals surface area contributed by atoms with Gasteiger partial charge >= 0.3 is 0 Å². The average Bonchev–Trinajstić information content (AvgIpc) is 3.43. The molecule has 0 fully saturated rings. The van der Waals surface area contributed by atoms with Crippen molar-refractivity contribution in [2.24, 2.45) is 16.5 Å². The van der Waals surface area contributed by atoms with Gasteiger partial charge in [-0.1, -0.05) is 82.4 Å². The summed E-state index contributed by atoms with van der Waals surface area (Å²) >= 11 is 0. The molecule has 0 saturated carbocycles. The number of aliphatic imine (C=N–C) groups is 1. The number of fused-ring (bicyclic) bond motifs is 3. The molecule has 0 radical (unpaired) electrons. The van der Waals surface area contributed by atoms with Crippen LogP contribution in [-0.2, 0) is 0 Å². The molecule has 7 nitrogen and oxygen atoms in total. The van der Waals surface area contributed by atoms with Crippen LogP contribution in [0.3, 0.4) is 0 Å². The Morgan fingerprint density at radius 1 is 0.902 bits per heavy atom. The Hall–Kier alpha value is -4.05. The topological polar surface area (TPSA) is 118 Å². The van der Waals surface area contributed by atoms with Crippen molar-refractivity contribution in [3.63, 3.8) is 0 Å². The molecule has 0 bridgehead atoms. The molecule has 0 atom stereocenters. The predicted octanol–water partition coefficient (Wildman–Crippen LogP) is 7.89. The molecule has 2 heterocycles. The van der Waals surface area contributed by atoms with Gasteiger partial charge in [-0.25, -0.2) is 9.97 Å². The largest absolute Gasteiger partial charge is 0.370 e. The van der Waals surface area contributed by atoms with Gasteiger partial charge in [-0.15, -0.1) is 0 Å². The van der Waals surface area contributed by atoms with Crippen molar-refractivity contribution in [3.8, 4) is 11.8 Å². The second-order valence-electron chi connectivity index (χ2n) is 10.8. The van der Waals surface area contributed by atoms with Crippen LogP contribution in [0.2, 0.25) is 0 Å². The fourth-order valence-electron chi connectivity index (χ4n) is 5.28. The molecule has 0 aliphatic carbocycles. The number of benzene rings is 2. The molecule has 7 heteroatoms. The van der Waals surface area contributed by atoms with Crippen molar-refractivity contribution in [2.75, 3.05) is 11.9 Å². The molecular formula is C34H45N7. The van der Waals surface area contributed by atoms with E-state index in [1.807, 2.05) is 6.07 Å². The van der Waals surface area contributed by atoms with Crippen LogP contribution >= 0.6 is 0 Å². The van der Waals surface area contributed by atoms with Crippen LogP contribution in [0.4, 0.5) is 11.5 Å². The number of nitrogens with zero attached hydrogens (tertiary/aromatic N) is 3. The number of pyridine rings is 1. The lowest BCUT2D eigenvalue weighted by molar-refractivity contribution is 0.539. The molecule has 0 amide bonds. The number of H-pyrrole nitrogens is 1.